The van der Waals surface area contributed by atoms with Crippen LogP contribution in [0, 0.1) is 15.2 Å². The molecule has 0 bridgehead atoms. The molecule has 1 N–H and O–H groups in total. The lowest BCUT2D eigenvalue weighted by Crippen LogP contribution is -2.54. The van der Waals surface area contributed by atoms with Crippen LogP contribution in [0.2, 0.25) is 0 Å². The molecule has 2 atom stereocenters. The number of nitrogens with zero attached hydrogens (tertiary/aromatic N) is 1. The minimum Gasteiger partial charge on any atom is -0.598 e. The first-order valence-corrected chi connectivity index (χ1v) is 13.8. The van der Waals surface area contributed by atoms with Crippen molar-refractivity contribution in [3.8, 4) is 5.75 Å². The molecular formula is C22H29F2IN2O4S2. The summed E-state index contributed by atoms with van der Waals surface area (Å²) < 4.78 is 77.3. The number of halogens is 3. The predicted molar refractivity (Wildman–Crippen MR) is 136 cm³/mol. The van der Waals surface area contributed by atoms with Crippen molar-refractivity contribution in [1.82, 2.24) is 9.03 Å². The molecule has 0 radical (unpaired) electrons. The molecule has 2 rings (SSSR count). The van der Waals surface area contributed by atoms with E-state index in [1.807, 2.05) is 22.6 Å². The Bertz CT molecular complexity index is 1080. The quantitative estimate of drug-likeness (QED) is 0.259. The van der Waals surface area contributed by atoms with Gasteiger partial charge >= 0.3 is 0 Å². The molecule has 184 valence electrons. The maximum absolute atomic E-state index is 14.9. The van der Waals surface area contributed by atoms with Crippen molar-refractivity contribution < 1.29 is 26.5 Å². The summed E-state index contributed by atoms with van der Waals surface area (Å²) in [6.07, 6.45) is 0. The van der Waals surface area contributed by atoms with Crippen LogP contribution in [0.3, 0.4) is 0 Å². The molecule has 2 aromatic rings. The van der Waals surface area contributed by atoms with Gasteiger partial charge in [-0.15, -0.1) is 4.72 Å². The minimum atomic E-state index is -4.00. The number of hydrogen-bond donors (Lipinski definition) is 1. The molecule has 0 aromatic heterocycles. The van der Waals surface area contributed by atoms with E-state index in [-0.39, 0.29) is 12.1 Å². The standard InChI is InChI=1S/C22H29F2IN2O4S2/c1-21(2,3)32(28)26-22(4,18-11-16(25)12-19(23)20(18)24)14-33(29,30)27(5)13-15-7-9-17(31-6)10-8-15/h7-12,26H,13-14H2,1-6H3/t22?,32-/m1/s1. The third kappa shape index (κ3) is 7.25. The van der Waals surface area contributed by atoms with Crippen molar-refractivity contribution in [1.29, 1.82) is 0 Å². The fourth-order valence-corrected chi connectivity index (χ4v) is 6.14. The first-order valence-electron chi connectivity index (χ1n) is 10.0. The molecule has 0 spiro atoms. The van der Waals surface area contributed by atoms with Gasteiger partial charge in [0.05, 0.1) is 12.9 Å². The molecule has 33 heavy (non-hydrogen) atoms. The molecule has 0 saturated heterocycles. The average Bonchev–Trinajstić information content (AvgIpc) is 2.69. The molecule has 0 amide bonds. The number of ether oxygens (including phenoxy) is 1. The topological polar surface area (TPSA) is 81.7 Å². The Labute approximate surface area is 211 Å². The third-order valence-electron chi connectivity index (χ3n) is 4.97. The molecule has 0 aliphatic heterocycles. The van der Waals surface area contributed by atoms with Gasteiger partial charge in [0.2, 0.25) is 10.0 Å². The van der Waals surface area contributed by atoms with Gasteiger partial charge < -0.3 is 9.29 Å². The van der Waals surface area contributed by atoms with Crippen molar-refractivity contribution in [2.75, 3.05) is 19.9 Å². The summed E-state index contributed by atoms with van der Waals surface area (Å²) >= 11 is 0.0718. The number of nitrogens with one attached hydrogen (secondary N) is 1. The Morgan fingerprint density at radius 2 is 1.73 bits per heavy atom. The zero-order chi connectivity index (χ0) is 25.2. The van der Waals surface area contributed by atoms with Crippen molar-refractivity contribution in [3.63, 3.8) is 0 Å². The van der Waals surface area contributed by atoms with E-state index in [2.05, 4.69) is 4.72 Å². The zero-order valence-corrected chi connectivity index (χ0v) is 23.2. The van der Waals surface area contributed by atoms with Crippen LogP contribution in [-0.2, 0) is 33.5 Å². The van der Waals surface area contributed by atoms with E-state index in [1.165, 1.54) is 27.1 Å². The van der Waals surface area contributed by atoms with Crippen LogP contribution in [-0.4, -0.2) is 41.9 Å². The maximum Gasteiger partial charge on any atom is 0.216 e. The fraction of sp³-hybridized carbons (Fsp3) is 0.455. The van der Waals surface area contributed by atoms with E-state index in [4.69, 9.17) is 4.74 Å². The second kappa shape index (κ2) is 10.7. The fourth-order valence-electron chi connectivity index (χ4n) is 3.04. The Kier molecular flexibility index (Phi) is 9.19. The highest BCUT2D eigenvalue weighted by atomic mass is 127. The van der Waals surface area contributed by atoms with Crippen molar-refractivity contribution in [3.05, 3.63) is 62.7 Å². The van der Waals surface area contributed by atoms with Gasteiger partial charge in [-0.25, -0.2) is 21.5 Å². The second-order valence-corrected chi connectivity index (χ2v) is 14.2. The van der Waals surface area contributed by atoms with Crippen LogP contribution >= 0.6 is 22.6 Å². The van der Waals surface area contributed by atoms with Gasteiger partial charge in [-0.1, -0.05) is 12.1 Å². The molecule has 0 saturated carbocycles. The molecule has 0 aliphatic rings. The summed E-state index contributed by atoms with van der Waals surface area (Å²) in [4.78, 5) is 0. The van der Waals surface area contributed by atoms with Crippen LogP contribution in [0.15, 0.2) is 36.4 Å². The van der Waals surface area contributed by atoms with Gasteiger partial charge in [-0.05, 0) is 80.1 Å². The normalized spacial score (nSPS) is 15.4. The average molecular weight is 615 g/mol. The largest absolute Gasteiger partial charge is 0.598 e. The molecule has 1 unspecified atom stereocenters. The van der Waals surface area contributed by atoms with E-state index in [9.17, 15) is 21.8 Å². The number of benzene rings is 2. The lowest BCUT2D eigenvalue weighted by molar-refractivity contribution is 0.400. The Hall–Kier alpha value is -0.990. The molecule has 0 aliphatic carbocycles. The monoisotopic (exact) mass is 614 g/mol. The summed E-state index contributed by atoms with van der Waals surface area (Å²) in [6.45, 7) is 6.59. The Morgan fingerprint density at radius 1 is 1.15 bits per heavy atom. The molecule has 0 fully saturated rings. The molecule has 11 heteroatoms. The maximum atomic E-state index is 14.9. The van der Waals surface area contributed by atoms with Gasteiger partial charge in [-0.2, -0.15) is 0 Å². The van der Waals surface area contributed by atoms with Crippen LogP contribution < -0.4 is 9.46 Å². The van der Waals surface area contributed by atoms with Gasteiger partial charge in [0.25, 0.3) is 0 Å². The van der Waals surface area contributed by atoms with Crippen molar-refractivity contribution in [2.45, 2.75) is 44.5 Å². The molecule has 6 nitrogen and oxygen atoms in total. The number of rotatable bonds is 9. The van der Waals surface area contributed by atoms with E-state index < -0.39 is 49.1 Å². The highest BCUT2D eigenvalue weighted by Crippen LogP contribution is 2.32. The summed E-state index contributed by atoms with van der Waals surface area (Å²) in [5.74, 6) is -2.27. The van der Waals surface area contributed by atoms with Crippen LogP contribution in [0.25, 0.3) is 0 Å². The smallest absolute Gasteiger partial charge is 0.216 e. The first kappa shape index (κ1) is 28.2. The van der Waals surface area contributed by atoms with Gasteiger partial charge in [0, 0.05) is 34.1 Å². The lowest BCUT2D eigenvalue weighted by atomic mass is 9.94. The molecule has 2 aromatic carbocycles. The summed E-state index contributed by atoms with van der Waals surface area (Å²) in [6, 6.07) is 9.31. The van der Waals surface area contributed by atoms with E-state index in [0.717, 1.165) is 15.9 Å². The SMILES string of the molecule is COc1ccc(CN(C)S(=O)(=O)CC(C)(N[S@+]([O-])C(C)(C)C)c2cc(I)cc(F)c2F)cc1. The number of methoxy groups -OCH3 is 1. The lowest BCUT2D eigenvalue weighted by Gasteiger charge is -2.36. The van der Waals surface area contributed by atoms with Crippen LogP contribution in [0.1, 0.15) is 38.8 Å². The summed E-state index contributed by atoms with van der Waals surface area (Å²) in [5.41, 5.74) is -1.15. The highest BCUT2D eigenvalue weighted by Gasteiger charge is 2.43. The van der Waals surface area contributed by atoms with Gasteiger partial charge in [0.15, 0.2) is 11.6 Å². The van der Waals surface area contributed by atoms with Gasteiger partial charge in [-0.3, -0.25) is 0 Å². The van der Waals surface area contributed by atoms with E-state index >= 15 is 0 Å². The van der Waals surface area contributed by atoms with E-state index in [0.29, 0.717) is 9.32 Å². The van der Waals surface area contributed by atoms with E-state index in [1.54, 1.807) is 45.0 Å². The van der Waals surface area contributed by atoms with Crippen LogP contribution in [0.5, 0.6) is 5.75 Å². The molecule has 0 heterocycles. The predicted octanol–water partition coefficient (Wildman–Crippen LogP) is 4.31. The second-order valence-electron chi connectivity index (χ2n) is 8.92. The van der Waals surface area contributed by atoms with Crippen molar-refractivity contribution >= 4 is 44.0 Å². The highest BCUT2D eigenvalue weighted by molar-refractivity contribution is 14.1. The third-order valence-corrected chi connectivity index (χ3v) is 9.36. The zero-order valence-electron chi connectivity index (χ0n) is 19.4. The number of sulfonamides is 1. The summed E-state index contributed by atoms with van der Waals surface area (Å²) in [7, 11) is -1.06. The Balaban J connectivity index is 2.44. The Morgan fingerprint density at radius 3 is 2.24 bits per heavy atom. The summed E-state index contributed by atoms with van der Waals surface area (Å²) in [5, 5.41) is 0. The first-order chi connectivity index (χ1) is 15.1. The van der Waals surface area contributed by atoms with Crippen LogP contribution in [0.4, 0.5) is 8.78 Å². The van der Waals surface area contributed by atoms with Crippen molar-refractivity contribution in [2.24, 2.45) is 0 Å². The molecular weight excluding hydrogens is 585 g/mol. The number of hydrogen-bond acceptors (Lipinski definition) is 5. The van der Waals surface area contributed by atoms with Gasteiger partial charge in [0.1, 0.15) is 16.0 Å². The minimum absolute atomic E-state index is 0.0634.